The van der Waals surface area contributed by atoms with Gasteiger partial charge in [0.05, 0.1) is 11.4 Å². The summed E-state index contributed by atoms with van der Waals surface area (Å²) < 4.78 is 0. The first kappa shape index (κ1) is 29.8. The minimum absolute atomic E-state index is 0.242. The first-order valence-electron chi connectivity index (χ1n) is 15.2. The lowest BCUT2D eigenvalue weighted by atomic mass is 9.95. The topological polar surface area (TPSA) is 15.3 Å². The maximum atomic E-state index is 4.97. The number of allylic oxidation sites excluding steroid dienone is 5. The van der Waals surface area contributed by atoms with E-state index in [1.807, 2.05) is 18.2 Å². The van der Waals surface area contributed by atoms with Crippen LogP contribution in [-0.2, 0) is 0 Å². The van der Waals surface area contributed by atoms with Crippen molar-refractivity contribution in [2.24, 2.45) is 5.92 Å². The molecule has 0 radical (unpaired) electrons. The molecule has 1 N–H and O–H groups in total. The van der Waals surface area contributed by atoms with Crippen LogP contribution in [0.5, 0.6) is 0 Å². The van der Waals surface area contributed by atoms with Crippen molar-refractivity contribution in [1.82, 2.24) is 0 Å². The molecular formula is C42H36N2S. The van der Waals surface area contributed by atoms with Crippen LogP contribution in [0, 0.1) is 5.92 Å². The summed E-state index contributed by atoms with van der Waals surface area (Å²) in [5, 5.41) is 8.32. The predicted octanol–water partition coefficient (Wildman–Crippen LogP) is 12.4. The number of hydrogen-bond donors (Lipinski definition) is 2. The number of hydrogen-bond acceptors (Lipinski definition) is 3. The summed E-state index contributed by atoms with van der Waals surface area (Å²) in [6.45, 7) is 7.83. The molecule has 45 heavy (non-hydrogen) atoms. The Labute approximate surface area is 271 Å². The van der Waals surface area contributed by atoms with Crippen LogP contribution in [0.2, 0.25) is 0 Å². The number of benzene rings is 6. The third kappa shape index (κ3) is 6.50. The highest BCUT2D eigenvalue weighted by molar-refractivity contribution is 7.90. The van der Waals surface area contributed by atoms with Crippen molar-refractivity contribution < 1.29 is 0 Å². The van der Waals surface area contributed by atoms with E-state index in [4.69, 9.17) is 12.6 Å². The molecule has 6 aromatic carbocycles. The molecule has 220 valence electrons. The van der Waals surface area contributed by atoms with Crippen LogP contribution >= 0.6 is 12.6 Å². The SMILES string of the molecule is C=CCC(C=C)/C=C/C=C(\S)c1ccc2c(Nc3ccccc3)c3ccccc3c(N(c3ccccc3)c3ccccc3)c2c1. The Kier molecular flexibility index (Phi) is 9.29. The van der Waals surface area contributed by atoms with Crippen molar-refractivity contribution in [3.63, 3.8) is 0 Å². The van der Waals surface area contributed by atoms with E-state index >= 15 is 0 Å². The zero-order chi connectivity index (χ0) is 31.0. The average Bonchev–Trinajstić information content (AvgIpc) is 3.10. The van der Waals surface area contributed by atoms with E-state index in [0.717, 1.165) is 66.9 Å². The van der Waals surface area contributed by atoms with Gasteiger partial charge in [-0.15, -0.1) is 25.8 Å². The van der Waals surface area contributed by atoms with Gasteiger partial charge in [0.2, 0.25) is 0 Å². The minimum atomic E-state index is 0.242. The third-order valence-corrected chi connectivity index (χ3v) is 8.35. The number of nitrogens with one attached hydrogen (secondary N) is 1. The van der Waals surface area contributed by atoms with Gasteiger partial charge in [-0.25, -0.2) is 0 Å². The van der Waals surface area contributed by atoms with Crippen molar-refractivity contribution in [3.05, 3.63) is 183 Å². The van der Waals surface area contributed by atoms with Crippen LogP contribution in [-0.4, -0.2) is 0 Å². The van der Waals surface area contributed by atoms with Crippen molar-refractivity contribution in [1.29, 1.82) is 0 Å². The normalized spacial score (nSPS) is 12.3. The first-order valence-corrected chi connectivity index (χ1v) is 15.6. The number of para-hydroxylation sites is 3. The molecule has 3 heteroatoms. The van der Waals surface area contributed by atoms with Crippen LogP contribution in [0.15, 0.2) is 177 Å². The average molecular weight is 601 g/mol. The second-order valence-corrected chi connectivity index (χ2v) is 11.4. The zero-order valence-electron chi connectivity index (χ0n) is 25.2. The number of thiol groups is 1. The predicted molar refractivity (Wildman–Crippen MR) is 200 cm³/mol. The summed E-state index contributed by atoms with van der Waals surface area (Å²) in [4.78, 5) is 3.25. The Morgan fingerprint density at radius 1 is 0.689 bits per heavy atom. The Morgan fingerprint density at radius 3 is 1.89 bits per heavy atom. The molecule has 1 atom stereocenters. The van der Waals surface area contributed by atoms with Gasteiger partial charge >= 0.3 is 0 Å². The zero-order valence-corrected chi connectivity index (χ0v) is 26.1. The molecule has 0 bridgehead atoms. The summed E-state index contributed by atoms with van der Waals surface area (Å²) in [5.41, 5.74) is 6.45. The lowest BCUT2D eigenvalue weighted by molar-refractivity contribution is 0.836. The van der Waals surface area contributed by atoms with Crippen molar-refractivity contribution in [3.8, 4) is 0 Å². The first-order chi connectivity index (χ1) is 22.2. The monoisotopic (exact) mass is 600 g/mol. The van der Waals surface area contributed by atoms with E-state index < -0.39 is 0 Å². The van der Waals surface area contributed by atoms with Crippen LogP contribution in [0.1, 0.15) is 12.0 Å². The van der Waals surface area contributed by atoms with Gasteiger partial charge in [0.15, 0.2) is 0 Å². The summed E-state index contributed by atoms with van der Waals surface area (Å²) in [6, 6.07) is 46.9. The van der Waals surface area contributed by atoms with E-state index in [9.17, 15) is 0 Å². The van der Waals surface area contributed by atoms with Crippen molar-refractivity contribution >= 4 is 67.5 Å². The smallest absolute Gasteiger partial charge is 0.0620 e. The number of fused-ring (bicyclic) bond motifs is 2. The fourth-order valence-corrected chi connectivity index (χ4v) is 5.97. The van der Waals surface area contributed by atoms with Gasteiger partial charge < -0.3 is 10.2 Å². The summed E-state index contributed by atoms with van der Waals surface area (Å²) in [6.07, 6.45) is 11.0. The number of anilines is 5. The van der Waals surface area contributed by atoms with Crippen molar-refractivity contribution in [2.75, 3.05) is 10.2 Å². The van der Waals surface area contributed by atoms with Crippen LogP contribution in [0.3, 0.4) is 0 Å². The molecule has 0 aliphatic carbocycles. The lowest BCUT2D eigenvalue weighted by Crippen LogP contribution is -2.11. The Morgan fingerprint density at radius 2 is 1.27 bits per heavy atom. The largest absolute Gasteiger partial charge is 0.355 e. The number of rotatable bonds is 11. The fourth-order valence-electron chi connectivity index (χ4n) is 5.75. The van der Waals surface area contributed by atoms with Gasteiger partial charge in [-0.2, -0.15) is 0 Å². The van der Waals surface area contributed by atoms with Gasteiger partial charge in [0.1, 0.15) is 0 Å². The van der Waals surface area contributed by atoms with Gasteiger partial charge in [0, 0.05) is 43.5 Å². The lowest BCUT2D eigenvalue weighted by Gasteiger charge is -2.29. The molecule has 0 heterocycles. The summed E-state index contributed by atoms with van der Waals surface area (Å²) >= 11 is 4.97. The van der Waals surface area contributed by atoms with E-state index in [-0.39, 0.29) is 5.92 Å². The maximum absolute atomic E-state index is 4.97. The Hall–Kier alpha value is -5.25. The molecule has 0 fully saturated rings. The standard InChI is InChI=1S/C42H36N2S/c1-3-17-31(4-2)18-16-27-40(45)32-28-29-37-39(30-32)42(44(34-21-10-6-11-22-34)35-23-12-7-13-24-35)38-26-15-14-25-36(38)41(37)43-33-19-8-5-9-20-33/h3-16,18-31,43,45H,1-2,17H2/b18-16+,40-27-. The molecule has 0 aromatic heterocycles. The highest BCUT2D eigenvalue weighted by Crippen LogP contribution is 2.48. The molecule has 0 amide bonds. The van der Waals surface area contributed by atoms with Crippen molar-refractivity contribution in [2.45, 2.75) is 6.42 Å². The molecule has 0 spiro atoms. The Balaban J connectivity index is 1.64. The van der Waals surface area contributed by atoms with Gasteiger partial charge in [-0.1, -0.05) is 115 Å². The fraction of sp³-hybridized carbons (Fsp3) is 0.0476. The van der Waals surface area contributed by atoms with Gasteiger partial charge in [-0.3, -0.25) is 0 Å². The quantitative estimate of drug-likeness (QED) is 0.0506. The van der Waals surface area contributed by atoms with Gasteiger partial charge in [-0.05, 0) is 66.4 Å². The van der Waals surface area contributed by atoms with E-state index in [1.54, 1.807) is 0 Å². The van der Waals surface area contributed by atoms with Crippen LogP contribution in [0.4, 0.5) is 28.4 Å². The second-order valence-electron chi connectivity index (χ2n) is 10.9. The molecule has 6 aromatic rings. The molecule has 0 aliphatic rings. The number of nitrogens with zero attached hydrogens (tertiary/aromatic N) is 1. The summed E-state index contributed by atoms with van der Waals surface area (Å²) in [5.74, 6) is 0.242. The second kappa shape index (κ2) is 14.0. The van der Waals surface area contributed by atoms with E-state index in [2.05, 4.69) is 169 Å². The highest BCUT2D eigenvalue weighted by Gasteiger charge is 2.22. The Bertz CT molecular complexity index is 1950. The maximum Gasteiger partial charge on any atom is 0.0620 e. The third-order valence-electron chi connectivity index (χ3n) is 7.94. The molecular weight excluding hydrogens is 565 g/mol. The molecule has 0 aliphatic heterocycles. The molecule has 1 unspecified atom stereocenters. The molecule has 2 nitrogen and oxygen atoms in total. The minimum Gasteiger partial charge on any atom is -0.355 e. The van der Waals surface area contributed by atoms with E-state index in [1.165, 1.54) is 0 Å². The van der Waals surface area contributed by atoms with Crippen LogP contribution < -0.4 is 10.2 Å². The molecule has 0 saturated heterocycles. The van der Waals surface area contributed by atoms with E-state index in [0.29, 0.717) is 0 Å². The van der Waals surface area contributed by atoms with Crippen LogP contribution in [0.25, 0.3) is 26.5 Å². The molecule has 0 saturated carbocycles. The van der Waals surface area contributed by atoms with Gasteiger partial charge in [0.25, 0.3) is 0 Å². The highest BCUT2D eigenvalue weighted by atomic mass is 32.1. The summed E-state index contributed by atoms with van der Waals surface area (Å²) in [7, 11) is 0. The molecule has 6 rings (SSSR count).